The van der Waals surface area contributed by atoms with Gasteiger partial charge in [-0.05, 0) is 38.3 Å². The van der Waals surface area contributed by atoms with Crippen LogP contribution in [0.15, 0.2) is 0 Å². The van der Waals surface area contributed by atoms with Crippen molar-refractivity contribution in [2.24, 2.45) is 5.92 Å². The molecular formula is C11H17N3. The molecule has 0 aromatic heterocycles. The minimum Gasteiger partial charge on any atom is -0.302 e. The van der Waals surface area contributed by atoms with Crippen LogP contribution in [-0.2, 0) is 0 Å². The van der Waals surface area contributed by atoms with Gasteiger partial charge in [-0.1, -0.05) is 0 Å². The second-order valence-electron chi connectivity index (χ2n) is 3.89. The first-order valence-corrected chi connectivity index (χ1v) is 5.33. The summed E-state index contributed by atoms with van der Waals surface area (Å²) in [5.41, 5.74) is 0. The SMILES string of the molecule is N#CCCC1CCN(CCC#N)CC1. The van der Waals surface area contributed by atoms with Crippen LogP contribution in [0.4, 0.5) is 0 Å². The second kappa shape index (κ2) is 6.40. The molecule has 1 heterocycles. The maximum atomic E-state index is 8.47. The van der Waals surface area contributed by atoms with Gasteiger partial charge in [0.2, 0.25) is 0 Å². The topological polar surface area (TPSA) is 50.8 Å². The van der Waals surface area contributed by atoms with Crippen LogP contribution in [0.3, 0.4) is 0 Å². The Balaban J connectivity index is 2.12. The highest BCUT2D eigenvalue weighted by Gasteiger charge is 2.17. The molecule has 3 nitrogen and oxygen atoms in total. The molecule has 76 valence electrons. The molecule has 3 heteroatoms. The molecule has 0 saturated carbocycles. The number of rotatable bonds is 4. The van der Waals surface area contributed by atoms with Crippen molar-refractivity contribution in [3.63, 3.8) is 0 Å². The van der Waals surface area contributed by atoms with Gasteiger partial charge in [0.15, 0.2) is 0 Å². The molecule has 0 spiro atoms. The summed E-state index contributed by atoms with van der Waals surface area (Å²) in [6.45, 7) is 3.14. The van der Waals surface area contributed by atoms with Gasteiger partial charge in [-0.2, -0.15) is 10.5 Å². The molecule has 14 heavy (non-hydrogen) atoms. The summed E-state index contributed by atoms with van der Waals surface area (Å²) in [6.07, 6.45) is 4.80. The Morgan fingerprint density at radius 1 is 1.07 bits per heavy atom. The van der Waals surface area contributed by atoms with Crippen molar-refractivity contribution in [2.75, 3.05) is 19.6 Å². The van der Waals surface area contributed by atoms with E-state index in [2.05, 4.69) is 17.0 Å². The lowest BCUT2D eigenvalue weighted by molar-refractivity contribution is 0.183. The zero-order valence-electron chi connectivity index (χ0n) is 8.58. The van der Waals surface area contributed by atoms with Crippen LogP contribution in [0.25, 0.3) is 0 Å². The number of likely N-dealkylation sites (tertiary alicyclic amines) is 1. The molecule has 0 unspecified atom stereocenters. The highest BCUT2D eigenvalue weighted by Crippen LogP contribution is 2.21. The quantitative estimate of drug-likeness (QED) is 0.682. The number of nitriles is 2. The molecular weight excluding hydrogens is 174 g/mol. The van der Waals surface area contributed by atoms with E-state index in [0.29, 0.717) is 12.8 Å². The highest BCUT2D eigenvalue weighted by molar-refractivity contribution is 4.79. The lowest BCUT2D eigenvalue weighted by Crippen LogP contribution is -2.34. The maximum absolute atomic E-state index is 8.47. The van der Waals surface area contributed by atoms with Crippen LogP contribution in [0, 0.1) is 28.6 Å². The largest absolute Gasteiger partial charge is 0.302 e. The molecule has 1 aliphatic rings. The Bertz CT molecular complexity index is 202. The Hall–Kier alpha value is -1.06. The molecule has 0 aromatic carbocycles. The molecule has 0 aromatic rings. The standard InChI is InChI=1S/C11H17N3/c12-6-1-3-11-4-9-14(10-5-11)8-2-7-13/h11H,1-5,8-10H2. The van der Waals surface area contributed by atoms with Crippen molar-refractivity contribution >= 4 is 0 Å². The third-order valence-electron chi connectivity index (χ3n) is 2.91. The van der Waals surface area contributed by atoms with E-state index in [1.54, 1.807) is 0 Å². The number of piperidine rings is 1. The summed E-state index contributed by atoms with van der Waals surface area (Å²) >= 11 is 0. The summed E-state index contributed by atoms with van der Waals surface area (Å²) in [5.74, 6) is 0.744. The van der Waals surface area contributed by atoms with Crippen molar-refractivity contribution in [1.29, 1.82) is 10.5 Å². The molecule has 0 bridgehead atoms. The first kappa shape index (κ1) is 11.0. The van der Waals surface area contributed by atoms with Crippen LogP contribution < -0.4 is 0 Å². The third-order valence-corrected chi connectivity index (χ3v) is 2.91. The average Bonchev–Trinajstić information content (AvgIpc) is 2.25. The minimum atomic E-state index is 0.642. The Morgan fingerprint density at radius 2 is 1.71 bits per heavy atom. The fourth-order valence-electron chi connectivity index (χ4n) is 1.98. The van der Waals surface area contributed by atoms with Gasteiger partial charge in [-0.25, -0.2) is 0 Å². The van der Waals surface area contributed by atoms with E-state index in [1.807, 2.05) is 0 Å². The van der Waals surface area contributed by atoms with E-state index in [4.69, 9.17) is 10.5 Å². The van der Waals surface area contributed by atoms with Crippen molar-refractivity contribution in [3.05, 3.63) is 0 Å². The average molecular weight is 191 g/mol. The predicted molar refractivity (Wildman–Crippen MR) is 54.2 cm³/mol. The first-order chi connectivity index (χ1) is 6.86. The highest BCUT2D eigenvalue weighted by atomic mass is 15.1. The van der Waals surface area contributed by atoms with Gasteiger partial charge in [0, 0.05) is 19.4 Å². The van der Waals surface area contributed by atoms with Crippen molar-refractivity contribution < 1.29 is 0 Å². The van der Waals surface area contributed by atoms with Crippen molar-refractivity contribution in [2.45, 2.75) is 32.1 Å². The Morgan fingerprint density at radius 3 is 2.29 bits per heavy atom. The summed E-state index contributed by atoms with van der Waals surface area (Å²) < 4.78 is 0. The molecule has 1 fully saturated rings. The van der Waals surface area contributed by atoms with E-state index in [0.717, 1.165) is 32.0 Å². The lowest BCUT2D eigenvalue weighted by atomic mass is 9.92. The summed E-state index contributed by atoms with van der Waals surface area (Å²) in [4.78, 5) is 2.35. The maximum Gasteiger partial charge on any atom is 0.0635 e. The second-order valence-corrected chi connectivity index (χ2v) is 3.89. The molecule has 1 rings (SSSR count). The van der Waals surface area contributed by atoms with Crippen LogP contribution in [0.5, 0.6) is 0 Å². The van der Waals surface area contributed by atoms with Crippen LogP contribution >= 0.6 is 0 Å². The smallest absolute Gasteiger partial charge is 0.0635 e. The monoisotopic (exact) mass is 191 g/mol. The van der Waals surface area contributed by atoms with Gasteiger partial charge >= 0.3 is 0 Å². The van der Waals surface area contributed by atoms with Gasteiger partial charge < -0.3 is 4.90 Å². The van der Waals surface area contributed by atoms with E-state index < -0.39 is 0 Å². The fraction of sp³-hybridized carbons (Fsp3) is 0.818. The van der Waals surface area contributed by atoms with Gasteiger partial charge in [0.25, 0.3) is 0 Å². The van der Waals surface area contributed by atoms with E-state index in [-0.39, 0.29) is 0 Å². The molecule has 0 N–H and O–H groups in total. The summed E-state index contributed by atoms with van der Waals surface area (Å²) in [6, 6.07) is 4.38. The van der Waals surface area contributed by atoms with E-state index >= 15 is 0 Å². The normalized spacial score (nSPS) is 18.7. The van der Waals surface area contributed by atoms with Crippen molar-refractivity contribution in [1.82, 2.24) is 4.90 Å². The zero-order chi connectivity index (χ0) is 10.2. The first-order valence-electron chi connectivity index (χ1n) is 5.33. The molecule has 1 aliphatic heterocycles. The molecule has 0 radical (unpaired) electrons. The van der Waals surface area contributed by atoms with E-state index in [1.165, 1.54) is 12.8 Å². The molecule has 0 atom stereocenters. The molecule has 1 saturated heterocycles. The van der Waals surface area contributed by atoms with Crippen LogP contribution in [0.1, 0.15) is 32.1 Å². The number of nitrogens with zero attached hydrogens (tertiary/aromatic N) is 3. The van der Waals surface area contributed by atoms with Gasteiger partial charge in [0.05, 0.1) is 12.1 Å². The summed E-state index contributed by atoms with van der Waals surface area (Å²) in [7, 11) is 0. The van der Waals surface area contributed by atoms with E-state index in [9.17, 15) is 0 Å². The summed E-state index contributed by atoms with van der Waals surface area (Å²) in [5, 5.41) is 16.9. The third kappa shape index (κ3) is 3.77. The van der Waals surface area contributed by atoms with Gasteiger partial charge in [0.1, 0.15) is 0 Å². The van der Waals surface area contributed by atoms with Gasteiger partial charge in [-0.15, -0.1) is 0 Å². The zero-order valence-corrected chi connectivity index (χ0v) is 8.58. The fourth-order valence-corrected chi connectivity index (χ4v) is 1.98. The minimum absolute atomic E-state index is 0.642. The van der Waals surface area contributed by atoms with Crippen LogP contribution in [0.2, 0.25) is 0 Å². The van der Waals surface area contributed by atoms with Crippen LogP contribution in [-0.4, -0.2) is 24.5 Å². The molecule has 0 aliphatic carbocycles. The Labute approximate surface area is 85.9 Å². The molecule has 0 amide bonds. The van der Waals surface area contributed by atoms with Crippen molar-refractivity contribution in [3.8, 4) is 12.1 Å². The lowest BCUT2D eigenvalue weighted by Gasteiger charge is -2.30. The predicted octanol–water partition coefficient (Wildman–Crippen LogP) is 1.92. The number of hydrogen-bond donors (Lipinski definition) is 0. The number of hydrogen-bond acceptors (Lipinski definition) is 3. The Kier molecular flexibility index (Phi) is 5.04. The van der Waals surface area contributed by atoms with Gasteiger partial charge in [-0.3, -0.25) is 0 Å².